The van der Waals surface area contributed by atoms with Crippen molar-refractivity contribution in [2.75, 3.05) is 20.1 Å². The second-order valence-electron chi connectivity index (χ2n) is 6.51. The van der Waals surface area contributed by atoms with Gasteiger partial charge in [0.25, 0.3) is 5.91 Å². The molecule has 0 radical (unpaired) electrons. The Labute approximate surface area is 149 Å². The molecule has 0 atom stereocenters. The molecule has 1 aromatic heterocycles. The van der Waals surface area contributed by atoms with Crippen LogP contribution < -0.4 is 5.32 Å². The number of amides is 1. The third kappa shape index (κ3) is 3.60. The molecule has 3 rings (SSSR count). The molecule has 140 valence electrons. The first-order valence-corrected chi connectivity index (χ1v) is 8.50. The fourth-order valence-electron chi connectivity index (χ4n) is 3.20. The number of nitrogens with zero attached hydrogens (tertiary/aromatic N) is 3. The predicted molar refractivity (Wildman–Crippen MR) is 91.3 cm³/mol. The number of benzene rings is 1. The first kappa shape index (κ1) is 18.4. The summed E-state index contributed by atoms with van der Waals surface area (Å²) in [5.41, 5.74) is -0.225. The second-order valence-corrected chi connectivity index (χ2v) is 6.51. The number of hydrogen-bond donors (Lipinski definition) is 1. The summed E-state index contributed by atoms with van der Waals surface area (Å²) in [6.07, 6.45) is -2.23. The highest BCUT2D eigenvalue weighted by molar-refractivity contribution is 5.95. The highest BCUT2D eigenvalue weighted by Gasteiger charge is 2.41. The van der Waals surface area contributed by atoms with Crippen LogP contribution in [0.25, 0.3) is 5.69 Å². The number of hydrogen-bond acceptors (Lipinski definition) is 3. The van der Waals surface area contributed by atoms with Gasteiger partial charge in [0.2, 0.25) is 0 Å². The lowest BCUT2D eigenvalue weighted by Crippen LogP contribution is -2.44. The minimum atomic E-state index is -4.68. The Morgan fingerprint density at radius 1 is 1.19 bits per heavy atom. The van der Waals surface area contributed by atoms with Gasteiger partial charge in [-0.25, -0.2) is 4.68 Å². The van der Waals surface area contributed by atoms with E-state index in [0.29, 0.717) is 13.1 Å². The van der Waals surface area contributed by atoms with Crippen LogP contribution in [0.3, 0.4) is 0 Å². The Kier molecular flexibility index (Phi) is 5.04. The van der Waals surface area contributed by atoms with Gasteiger partial charge in [0.15, 0.2) is 5.69 Å². The molecule has 26 heavy (non-hydrogen) atoms. The van der Waals surface area contributed by atoms with Crippen molar-refractivity contribution < 1.29 is 18.0 Å². The number of carbonyl (C=O) groups excluding carboxylic acids is 1. The van der Waals surface area contributed by atoms with E-state index < -0.39 is 23.3 Å². The molecule has 5 nitrogen and oxygen atoms in total. The first-order valence-electron chi connectivity index (χ1n) is 8.50. The fraction of sp³-hybridized carbons (Fsp3) is 0.444. The van der Waals surface area contributed by atoms with Crippen molar-refractivity contribution in [3.8, 4) is 5.69 Å². The van der Waals surface area contributed by atoms with E-state index in [1.807, 2.05) is 14.0 Å². The molecule has 1 N–H and O–H groups in total. The number of piperidine rings is 1. The maximum Gasteiger partial charge on any atom is 0.434 e. The second kappa shape index (κ2) is 7.11. The minimum absolute atomic E-state index is 0.274. The van der Waals surface area contributed by atoms with Gasteiger partial charge in [0, 0.05) is 19.1 Å². The molecule has 1 saturated heterocycles. The van der Waals surface area contributed by atoms with Crippen molar-refractivity contribution in [3.63, 3.8) is 0 Å². The number of aromatic nitrogens is 2. The van der Waals surface area contributed by atoms with Gasteiger partial charge in [0.05, 0.1) is 17.4 Å². The average Bonchev–Trinajstić information content (AvgIpc) is 3.07. The van der Waals surface area contributed by atoms with Gasteiger partial charge >= 0.3 is 6.18 Å². The van der Waals surface area contributed by atoms with Crippen LogP contribution in [-0.4, -0.2) is 46.8 Å². The number of halogens is 3. The third-order valence-corrected chi connectivity index (χ3v) is 4.74. The van der Waals surface area contributed by atoms with Crippen molar-refractivity contribution in [3.05, 3.63) is 47.3 Å². The molecule has 1 aliphatic rings. The molecule has 2 heterocycles. The first-order chi connectivity index (χ1) is 12.3. The Bertz CT molecular complexity index is 775. The Morgan fingerprint density at radius 2 is 1.81 bits per heavy atom. The number of carbonyl (C=O) groups is 1. The molecule has 0 spiro atoms. The molecule has 0 saturated carbocycles. The van der Waals surface area contributed by atoms with Crippen molar-refractivity contribution in [2.24, 2.45) is 0 Å². The molecule has 1 aliphatic heterocycles. The van der Waals surface area contributed by atoms with E-state index in [-0.39, 0.29) is 11.7 Å². The molecule has 8 heteroatoms. The molecule has 0 unspecified atom stereocenters. The van der Waals surface area contributed by atoms with Gasteiger partial charge < -0.3 is 10.2 Å². The number of alkyl halides is 3. The van der Waals surface area contributed by atoms with Gasteiger partial charge in [-0.15, -0.1) is 0 Å². The van der Waals surface area contributed by atoms with E-state index in [9.17, 15) is 18.0 Å². The molecular formula is C18H21F3N4O. The maximum absolute atomic E-state index is 13.7. The van der Waals surface area contributed by atoms with Gasteiger partial charge in [-0.3, -0.25) is 4.79 Å². The summed E-state index contributed by atoms with van der Waals surface area (Å²) in [6.45, 7) is 2.70. The topological polar surface area (TPSA) is 50.2 Å². The quantitative estimate of drug-likeness (QED) is 0.909. The van der Waals surface area contributed by atoms with Crippen molar-refractivity contribution in [1.82, 2.24) is 20.0 Å². The van der Waals surface area contributed by atoms with Crippen LogP contribution in [0.2, 0.25) is 0 Å². The number of likely N-dealkylation sites (tertiary alicyclic amines) is 1. The summed E-state index contributed by atoms with van der Waals surface area (Å²) in [5.74, 6) is -0.620. The predicted octanol–water partition coefficient (Wildman–Crippen LogP) is 3.02. The summed E-state index contributed by atoms with van der Waals surface area (Å²) < 4.78 is 41.9. The van der Waals surface area contributed by atoms with E-state index in [2.05, 4.69) is 10.4 Å². The van der Waals surface area contributed by atoms with Crippen molar-refractivity contribution in [2.45, 2.75) is 32.0 Å². The van der Waals surface area contributed by atoms with E-state index in [1.165, 1.54) is 4.90 Å². The van der Waals surface area contributed by atoms with Crippen molar-refractivity contribution in [1.29, 1.82) is 0 Å². The van der Waals surface area contributed by atoms with E-state index in [0.717, 1.165) is 29.3 Å². The summed E-state index contributed by atoms with van der Waals surface area (Å²) in [5, 5.41) is 7.00. The number of rotatable bonds is 3. The lowest BCUT2D eigenvalue weighted by Gasteiger charge is -2.31. The van der Waals surface area contributed by atoms with Crippen LogP contribution in [0.15, 0.2) is 30.5 Å². The number of aryl methyl sites for hydroxylation is 1. The largest absolute Gasteiger partial charge is 0.434 e. The minimum Gasteiger partial charge on any atom is -0.338 e. The fourth-order valence-corrected chi connectivity index (χ4v) is 3.20. The van der Waals surface area contributed by atoms with Crippen LogP contribution >= 0.6 is 0 Å². The van der Waals surface area contributed by atoms with Crippen LogP contribution in [0, 0.1) is 6.92 Å². The molecule has 0 aliphatic carbocycles. The summed E-state index contributed by atoms with van der Waals surface area (Å²) in [4.78, 5) is 14.2. The Morgan fingerprint density at radius 3 is 2.35 bits per heavy atom. The summed E-state index contributed by atoms with van der Waals surface area (Å²) in [6, 6.07) is 6.83. The van der Waals surface area contributed by atoms with Gasteiger partial charge in [-0.1, -0.05) is 17.7 Å². The van der Waals surface area contributed by atoms with Crippen molar-refractivity contribution >= 4 is 5.91 Å². The number of nitrogens with one attached hydrogen (secondary N) is 1. The van der Waals surface area contributed by atoms with E-state index in [1.54, 1.807) is 24.3 Å². The highest BCUT2D eigenvalue weighted by Crippen LogP contribution is 2.34. The molecule has 1 aromatic carbocycles. The smallest absolute Gasteiger partial charge is 0.338 e. The van der Waals surface area contributed by atoms with Gasteiger partial charge in [-0.2, -0.15) is 18.3 Å². The Balaban J connectivity index is 1.95. The molecular weight excluding hydrogens is 345 g/mol. The third-order valence-electron chi connectivity index (χ3n) is 4.74. The molecule has 2 aromatic rings. The monoisotopic (exact) mass is 366 g/mol. The zero-order valence-electron chi connectivity index (χ0n) is 14.7. The molecule has 0 bridgehead atoms. The van der Waals surface area contributed by atoms with E-state index >= 15 is 0 Å². The zero-order valence-corrected chi connectivity index (χ0v) is 14.7. The summed E-state index contributed by atoms with van der Waals surface area (Å²) in [7, 11) is 1.84. The van der Waals surface area contributed by atoms with E-state index in [4.69, 9.17) is 0 Å². The highest BCUT2D eigenvalue weighted by atomic mass is 19.4. The van der Waals surface area contributed by atoms with Crippen LogP contribution in [0.5, 0.6) is 0 Å². The lowest BCUT2D eigenvalue weighted by atomic mass is 10.0. The average molecular weight is 366 g/mol. The Hall–Kier alpha value is -2.35. The van der Waals surface area contributed by atoms with Crippen LogP contribution in [0.4, 0.5) is 13.2 Å². The standard InChI is InChI=1S/C18H21F3N4O/c1-12-3-5-14(6-4-12)25-16(18(19,20)21)15(11-23-25)17(26)24-9-7-13(22-2)8-10-24/h3-6,11,13,22H,7-10H2,1-2H3. The lowest BCUT2D eigenvalue weighted by molar-refractivity contribution is -0.143. The normalized spacial score (nSPS) is 16.1. The molecule has 1 amide bonds. The zero-order chi connectivity index (χ0) is 18.9. The SMILES string of the molecule is CNC1CCN(C(=O)c2cnn(-c3ccc(C)cc3)c2C(F)(F)F)CC1. The maximum atomic E-state index is 13.7. The van der Waals surface area contributed by atoms with Gasteiger partial charge in [-0.05, 0) is 38.9 Å². The summed E-state index contributed by atoms with van der Waals surface area (Å²) >= 11 is 0. The van der Waals surface area contributed by atoms with Crippen LogP contribution in [0.1, 0.15) is 34.5 Å². The molecule has 1 fully saturated rings. The van der Waals surface area contributed by atoms with Gasteiger partial charge in [0.1, 0.15) is 0 Å². The van der Waals surface area contributed by atoms with Crippen LogP contribution in [-0.2, 0) is 6.18 Å².